The average Bonchev–Trinajstić information content (AvgIpc) is 3.06. The summed E-state index contributed by atoms with van der Waals surface area (Å²) in [5.74, 6) is -0.242. The third kappa shape index (κ3) is 1.72. The number of aromatic hydroxyl groups is 1. The van der Waals surface area contributed by atoms with Crippen LogP contribution in [-0.2, 0) is 28.9 Å². The topological polar surface area (TPSA) is 71.8 Å². The molecular weight excluding hydrogens is 272 g/mol. The fourth-order valence-electron chi connectivity index (χ4n) is 4.00. The third-order valence-electron chi connectivity index (χ3n) is 4.84. The lowest BCUT2D eigenvalue weighted by Crippen LogP contribution is -2.43. The fraction of sp³-hybridized carbons (Fsp3) is 0.600. The second-order valence-electron chi connectivity index (χ2n) is 6.14. The van der Waals surface area contributed by atoms with Gasteiger partial charge in [0, 0.05) is 30.8 Å². The summed E-state index contributed by atoms with van der Waals surface area (Å²) < 4.78 is 7.89. The molecule has 6 heteroatoms. The Kier molecular flexibility index (Phi) is 2.74. The second kappa shape index (κ2) is 4.42. The van der Waals surface area contributed by atoms with Gasteiger partial charge in [0.25, 0.3) is 0 Å². The molecule has 0 amide bonds. The number of hydrogen-bond acceptors (Lipinski definition) is 5. The van der Waals surface area contributed by atoms with Crippen molar-refractivity contribution in [2.75, 3.05) is 13.2 Å². The number of aromatic nitrogens is 1. The Balaban J connectivity index is 1.93. The van der Waals surface area contributed by atoms with Crippen molar-refractivity contribution in [1.29, 1.82) is 0 Å². The number of carbonyl (C=O) groups excluding carboxylic acids is 1. The highest BCUT2D eigenvalue weighted by molar-refractivity contribution is 5.78. The monoisotopic (exact) mass is 290 g/mol. The molecule has 1 aromatic rings. The van der Waals surface area contributed by atoms with E-state index in [1.807, 2.05) is 0 Å². The number of ketones is 1. The van der Waals surface area contributed by atoms with Crippen LogP contribution in [0.5, 0.6) is 5.75 Å². The number of carbonyl (C=O) groups is 1. The van der Waals surface area contributed by atoms with Crippen LogP contribution in [-0.4, -0.2) is 39.7 Å². The molecule has 1 aromatic heterocycles. The van der Waals surface area contributed by atoms with Gasteiger partial charge < -0.3 is 14.4 Å². The van der Waals surface area contributed by atoms with E-state index in [9.17, 15) is 14.7 Å². The molecule has 0 aromatic carbocycles. The molecule has 2 atom stereocenters. The lowest BCUT2D eigenvalue weighted by atomic mass is 10.0. The van der Waals surface area contributed by atoms with Crippen molar-refractivity contribution in [3.05, 3.63) is 27.2 Å². The zero-order valence-electron chi connectivity index (χ0n) is 12.0. The van der Waals surface area contributed by atoms with E-state index in [-0.39, 0.29) is 35.7 Å². The Labute approximate surface area is 121 Å². The number of rotatable bonds is 2. The zero-order valence-corrected chi connectivity index (χ0v) is 12.0. The van der Waals surface area contributed by atoms with Gasteiger partial charge >= 0.3 is 0 Å². The van der Waals surface area contributed by atoms with Crippen LogP contribution in [0.3, 0.4) is 0 Å². The van der Waals surface area contributed by atoms with Crippen molar-refractivity contribution < 1.29 is 14.6 Å². The predicted octanol–water partition coefficient (Wildman–Crippen LogP) is 0.345. The number of nitrogens with zero attached hydrogens (tertiary/aromatic N) is 2. The predicted molar refractivity (Wildman–Crippen MR) is 74.3 cm³/mol. The first kappa shape index (κ1) is 13.0. The Morgan fingerprint density at radius 1 is 1.43 bits per heavy atom. The Morgan fingerprint density at radius 2 is 2.24 bits per heavy atom. The molecule has 0 aliphatic carbocycles. The summed E-state index contributed by atoms with van der Waals surface area (Å²) in [6, 6.07) is 0.142. The number of ether oxygens (including phenoxy) is 1. The fourth-order valence-corrected chi connectivity index (χ4v) is 4.00. The van der Waals surface area contributed by atoms with Crippen molar-refractivity contribution in [1.82, 2.24) is 9.47 Å². The molecule has 0 bridgehead atoms. The lowest BCUT2D eigenvalue weighted by molar-refractivity contribution is -0.116. The molecule has 1 N–H and O–H groups in total. The molecule has 4 heterocycles. The highest BCUT2D eigenvalue weighted by atomic mass is 16.5. The van der Waals surface area contributed by atoms with Crippen LogP contribution in [0.1, 0.15) is 36.3 Å². The Hall–Kier alpha value is -1.66. The molecule has 2 unspecified atom stereocenters. The third-order valence-corrected chi connectivity index (χ3v) is 4.84. The van der Waals surface area contributed by atoms with Crippen molar-refractivity contribution in [2.45, 2.75) is 45.0 Å². The number of Topliss-reactive ketones (excluding diaryl/α,β-unsaturated/α-hetero) is 1. The summed E-state index contributed by atoms with van der Waals surface area (Å²) in [5.41, 5.74) is 1.71. The molecular formula is C15H18N2O4. The SMILES string of the molecule is CC(=O)Cc1c2n3c(c(O)c1=O)CN1CCOC1C3CC2. The van der Waals surface area contributed by atoms with Gasteiger partial charge in [-0.2, -0.15) is 0 Å². The molecule has 6 nitrogen and oxygen atoms in total. The van der Waals surface area contributed by atoms with Gasteiger partial charge in [-0.1, -0.05) is 0 Å². The van der Waals surface area contributed by atoms with Crippen molar-refractivity contribution in [3.63, 3.8) is 0 Å². The van der Waals surface area contributed by atoms with Crippen LogP contribution in [0.15, 0.2) is 4.79 Å². The summed E-state index contributed by atoms with van der Waals surface area (Å²) in [7, 11) is 0. The summed E-state index contributed by atoms with van der Waals surface area (Å²) >= 11 is 0. The minimum Gasteiger partial charge on any atom is -0.503 e. The highest BCUT2D eigenvalue weighted by Gasteiger charge is 2.44. The molecule has 1 fully saturated rings. The van der Waals surface area contributed by atoms with Crippen LogP contribution >= 0.6 is 0 Å². The van der Waals surface area contributed by atoms with E-state index in [0.717, 1.165) is 25.1 Å². The maximum atomic E-state index is 12.4. The van der Waals surface area contributed by atoms with Crippen molar-refractivity contribution in [3.8, 4) is 5.75 Å². The molecule has 0 spiro atoms. The summed E-state index contributed by atoms with van der Waals surface area (Å²) in [6.07, 6.45) is 1.79. The van der Waals surface area contributed by atoms with Crippen LogP contribution in [0, 0.1) is 0 Å². The van der Waals surface area contributed by atoms with Gasteiger partial charge in [0.1, 0.15) is 12.0 Å². The Morgan fingerprint density at radius 3 is 3.00 bits per heavy atom. The van der Waals surface area contributed by atoms with E-state index >= 15 is 0 Å². The number of fused-ring (bicyclic) bond motifs is 2. The summed E-state index contributed by atoms with van der Waals surface area (Å²) in [6.45, 7) is 3.53. The normalized spacial score (nSPS) is 26.7. The molecule has 3 aliphatic heterocycles. The summed E-state index contributed by atoms with van der Waals surface area (Å²) in [4.78, 5) is 26.0. The molecule has 0 radical (unpaired) electrons. The van der Waals surface area contributed by atoms with Gasteiger partial charge in [-0.3, -0.25) is 14.5 Å². The van der Waals surface area contributed by atoms with E-state index in [0.29, 0.717) is 24.4 Å². The minimum atomic E-state index is -0.370. The molecule has 1 saturated heterocycles. The van der Waals surface area contributed by atoms with E-state index in [4.69, 9.17) is 4.74 Å². The van der Waals surface area contributed by atoms with E-state index < -0.39 is 0 Å². The minimum absolute atomic E-state index is 0.0332. The quantitative estimate of drug-likeness (QED) is 0.850. The van der Waals surface area contributed by atoms with Crippen molar-refractivity contribution >= 4 is 5.78 Å². The first-order valence-corrected chi connectivity index (χ1v) is 7.41. The van der Waals surface area contributed by atoms with Gasteiger partial charge in [0.05, 0.1) is 18.3 Å². The standard InChI is InChI=1S/C15H18N2O4/c1-8(18)6-9-10-2-3-11-15-16(4-5-21-15)7-12(17(10)11)14(20)13(9)19/h11,15,20H,2-7H2,1H3. The number of pyridine rings is 1. The second-order valence-corrected chi connectivity index (χ2v) is 6.14. The number of hydrogen-bond donors (Lipinski definition) is 1. The van der Waals surface area contributed by atoms with Crippen molar-refractivity contribution in [2.24, 2.45) is 0 Å². The average molecular weight is 290 g/mol. The van der Waals surface area contributed by atoms with E-state index in [1.165, 1.54) is 6.92 Å². The van der Waals surface area contributed by atoms with Gasteiger partial charge in [0.15, 0.2) is 5.75 Å². The van der Waals surface area contributed by atoms with Gasteiger partial charge in [-0.25, -0.2) is 0 Å². The van der Waals surface area contributed by atoms with Gasteiger partial charge in [-0.15, -0.1) is 0 Å². The first-order valence-electron chi connectivity index (χ1n) is 7.41. The molecule has 21 heavy (non-hydrogen) atoms. The largest absolute Gasteiger partial charge is 0.503 e. The Bertz CT molecular complexity index is 694. The van der Waals surface area contributed by atoms with Crippen LogP contribution < -0.4 is 5.43 Å². The molecule has 112 valence electrons. The maximum absolute atomic E-state index is 12.4. The van der Waals surface area contributed by atoms with Crippen LogP contribution in [0.25, 0.3) is 0 Å². The van der Waals surface area contributed by atoms with Crippen LogP contribution in [0.4, 0.5) is 0 Å². The molecule has 4 rings (SSSR count). The zero-order chi connectivity index (χ0) is 14.7. The molecule has 3 aliphatic rings. The lowest BCUT2D eigenvalue weighted by Gasteiger charge is -2.37. The smallest absolute Gasteiger partial charge is 0.227 e. The molecule has 0 saturated carbocycles. The van der Waals surface area contributed by atoms with E-state index in [2.05, 4.69) is 9.47 Å². The highest BCUT2D eigenvalue weighted by Crippen LogP contribution is 2.41. The van der Waals surface area contributed by atoms with Gasteiger partial charge in [0.2, 0.25) is 5.43 Å². The van der Waals surface area contributed by atoms with Gasteiger partial charge in [-0.05, 0) is 19.8 Å². The van der Waals surface area contributed by atoms with Crippen LogP contribution in [0.2, 0.25) is 0 Å². The maximum Gasteiger partial charge on any atom is 0.227 e. The first-order chi connectivity index (χ1) is 10.1. The van der Waals surface area contributed by atoms with E-state index in [1.54, 1.807) is 0 Å². The summed E-state index contributed by atoms with van der Waals surface area (Å²) in [5, 5.41) is 10.3.